The van der Waals surface area contributed by atoms with Gasteiger partial charge in [-0.15, -0.1) is 0 Å². The number of hydrogen-bond acceptors (Lipinski definition) is 6. The molecular formula is C21H20FN3O4. The van der Waals surface area contributed by atoms with Crippen molar-refractivity contribution in [3.8, 4) is 22.8 Å². The summed E-state index contributed by atoms with van der Waals surface area (Å²) in [6.07, 6.45) is 1.26. The number of carbonyl (C=O) groups excluding carboxylic acids is 1. The van der Waals surface area contributed by atoms with Crippen LogP contribution >= 0.6 is 0 Å². The Balaban J connectivity index is 1.70. The Labute approximate surface area is 167 Å². The van der Waals surface area contributed by atoms with Crippen molar-refractivity contribution in [2.24, 2.45) is 0 Å². The smallest absolute Gasteiger partial charge is 0.266 e. The number of carbonyl (C=O) groups is 1. The molecule has 0 spiro atoms. The van der Waals surface area contributed by atoms with Crippen LogP contribution in [0.4, 0.5) is 10.2 Å². The Bertz CT molecular complexity index is 955. The Morgan fingerprint density at radius 1 is 1.17 bits per heavy atom. The quantitative estimate of drug-likeness (QED) is 0.544. The van der Waals surface area contributed by atoms with E-state index in [1.54, 1.807) is 37.3 Å². The largest absolute Gasteiger partial charge is 0.490 e. The van der Waals surface area contributed by atoms with Crippen LogP contribution in [-0.2, 0) is 4.79 Å². The van der Waals surface area contributed by atoms with Gasteiger partial charge in [0.25, 0.3) is 5.91 Å². The number of anilines is 1. The average Bonchev–Trinajstić information content (AvgIpc) is 3.20. The fourth-order valence-electron chi connectivity index (χ4n) is 2.52. The molecule has 3 aromatic rings. The maximum Gasteiger partial charge on any atom is 0.266 e. The van der Waals surface area contributed by atoms with Crippen molar-refractivity contribution in [2.45, 2.75) is 19.4 Å². The highest BCUT2D eigenvalue weighted by Gasteiger charge is 2.22. The molecule has 1 N–H and O–H groups in total. The standard InChI is InChI=1S/C21H20FN3O4/c1-3-13-27-16-9-5-14(6-10-16)19-20(25-29-24-19)23-21(26)18(4-2)28-17-11-7-15(22)8-12-17/h3,5-12,18H,1,4,13H2,2H3,(H,23,25,26). The van der Waals surface area contributed by atoms with Gasteiger partial charge in [0.15, 0.2) is 11.8 Å². The molecule has 2 aromatic carbocycles. The molecule has 0 fully saturated rings. The van der Waals surface area contributed by atoms with Crippen LogP contribution in [0.25, 0.3) is 11.3 Å². The number of halogens is 1. The van der Waals surface area contributed by atoms with Crippen molar-refractivity contribution >= 4 is 11.7 Å². The lowest BCUT2D eigenvalue weighted by Gasteiger charge is -2.16. The van der Waals surface area contributed by atoms with Gasteiger partial charge in [0.05, 0.1) is 0 Å². The van der Waals surface area contributed by atoms with Crippen molar-refractivity contribution in [3.05, 3.63) is 67.0 Å². The number of hydrogen-bond donors (Lipinski definition) is 1. The molecule has 0 saturated carbocycles. The molecule has 1 amide bonds. The highest BCUT2D eigenvalue weighted by atomic mass is 19.1. The first-order valence-corrected chi connectivity index (χ1v) is 9.00. The highest BCUT2D eigenvalue weighted by molar-refractivity contribution is 5.96. The SMILES string of the molecule is C=CCOc1ccc(-c2nonc2NC(=O)C(CC)Oc2ccc(F)cc2)cc1. The van der Waals surface area contributed by atoms with Gasteiger partial charge in [0.2, 0.25) is 5.82 Å². The van der Waals surface area contributed by atoms with E-state index in [-0.39, 0.29) is 11.6 Å². The number of benzene rings is 2. The van der Waals surface area contributed by atoms with E-state index in [1.807, 2.05) is 0 Å². The van der Waals surface area contributed by atoms with Crippen molar-refractivity contribution in [1.82, 2.24) is 10.3 Å². The minimum atomic E-state index is -0.792. The van der Waals surface area contributed by atoms with Gasteiger partial charge in [0.1, 0.15) is 23.9 Å². The average molecular weight is 397 g/mol. The zero-order valence-corrected chi connectivity index (χ0v) is 15.8. The summed E-state index contributed by atoms with van der Waals surface area (Å²) in [5.74, 6) is 0.446. The van der Waals surface area contributed by atoms with Crippen LogP contribution in [0, 0.1) is 5.82 Å². The van der Waals surface area contributed by atoms with Gasteiger partial charge < -0.3 is 14.8 Å². The minimum Gasteiger partial charge on any atom is -0.490 e. The van der Waals surface area contributed by atoms with Crippen LogP contribution in [0.5, 0.6) is 11.5 Å². The lowest BCUT2D eigenvalue weighted by molar-refractivity contribution is -0.122. The van der Waals surface area contributed by atoms with E-state index in [4.69, 9.17) is 14.1 Å². The fourth-order valence-corrected chi connectivity index (χ4v) is 2.52. The molecule has 0 aliphatic carbocycles. The lowest BCUT2D eigenvalue weighted by Crippen LogP contribution is -2.32. The Morgan fingerprint density at radius 3 is 2.52 bits per heavy atom. The van der Waals surface area contributed by atoms with Crippen LogP contribution in [0.2, 0.25) is 0 Å². The second-order valence-corrected chi connectivity index (χ2v) is 6.04. The van der Waals surface area contributed by atoms with Crippen LogP contribution in [0.1, 0.15) is 13.3 Å². The van der Waals surface area contributed by atoms with Crippen molar-refractivity contribution in [2.75, 3.05) is 11.9 Å². The normalized spacial score (nSPS) is 11.5. The van der Waals surface area contributed by atoms with E-state index in [0.29, 0.717) is 35.8 Å². The number of ether oxygens (including phenoxy) is 2. The molecule has 0 radical (unpaired) electrons. The summed E-state index contributed by atoms with van der Waals surface area (Å²) in [6, 6.07) is 12.6. The molecule has 8 heteroatoms. The molecule has 1 aromatic heterocycles. The summed E-state index contributed by atoms with van der Waals surface area (Å²) in [6.45, 7) is 5.81. The van der Waals surface area contributed by atoms with Gasteiger partial charge in [-0.05, 0) is 65.3 Å². The number of rotatable bonds is 9. The predicted octanol–water partition coefficient (Wildman–Crippen LogP) is 4.24. The van der Waals surface area contributed by atoms with E-state index in [2.05, 4.69) is 22.2 Å². The molecule has 1 heterocycles. The summed E-state index contributed by atoms with van der Waals surface area (Å²) < 4.78 is 28.9. The number of nitrogens with zero attached hydrogens (tertiary/aromatic N) is 2. The molecule has 0 aliphatic heterocycles. The monoisotopic (exact) mass is 397 g/mol. The number of nitrogens with one attached hydrogen (secondary N) is 1. The van der Waals surface area contributed by atoms with Crippen molar-refractivity contribution < 1.29 is 23.3 Å². The molecule has 1 unspecified atom stereocenters. The highest BCUT2D eigenvalue weighted by Crippen LogP contribution is 2.27. The Hall–Kier alpha value is -3.68. The van der Waals surface area contributed by atoms with Crippen LogP contribution in [-0.4, -0.2) is 28.9 Å². The van der Waals surface area contributed by atoms with E-state index in [9.17, 15) is 9.18 Å². The molecule has 0 bridgehead atoms. The zero-order valence-electron chi connectivity index (χ0n) is 15.8. The van der Waals surface area contributed by atoms with E-state index < -0.39 is 12.0 Å². The van der Waals surface area contributed by atoms with E-state index in [0.717, 1.165) is 0 Å². The summed E-state index contributed by atoms with van der Waals surface area (Å²) in [5.41, 5.74) is 1.07. The molecular weight excluding hydrogens is 377 g/mol. The first-order valence-electron chi connectivity index (χ1n) is 9.00. The molecule has 0 saturated heterocycles. The summed E-state index contributed by atoms with van der Waals surface area (Å²) in [7, 11) is 0. The Morgan fingerprint density at radius 2 is 1.86 bits per heavy atom. The third-order valence-electron chi connectivity index (χ3n) is 3.98. The van der Waals surface area contributed by atoms with Gasteiger partial charge in [-0.1, -0.05) is 19.6 Å². The topological polar surface area (TPSA) is 86.5 Å². The van der Waals surface area contributed by atoms with Gasteiger partial charge in [0, 0.05) is 5.56 Å². The molecule has 7 nitrogen and oxygen atoms in total. The molecule has 1 atom stereocenters. The maximum atomic E-state index is 13.0. The van der Waals surface area contributed by atoms with Gasteiger partial charge in [-0.3, -0.25) is 4.79 Å². The predicted molar refractivity (Wildman–Crippen MR) is 105 cm³/mol. The van der Waals surface area contributed by atoms with Crippen LogP contribution in [0.3, 0.4) is 0 Å². The van der Waals surface area contributed by atoms with E-state index in [1.165, 1.54) is 24.3 Å². The van der Waals surface area contributed by atoms with Crippen molar-refractivity contribution in [1.29, 1.82) is 0 Å². The summed E-state index contributed by atoms with van der Waals surface area (Å²) >= 11 is 0. The first kappa shape index (κ1) is 20.1. The Kier molecular flexibility index (Phi) is 6.57. The van der Waals surface area contributed by atoms with Crippen LogP contribution < -0.4 is 14.8 Å². The first-order chi connectivity index (χ1) is 14.1. The zero-order chi connectivity index (χ0) is 20.6. The number of aromatic nitrogens is 2. The minimum absolute atomic E-state index is 0.177. The van der Waals surface area contributed by atoms with Gasteiger partial charge in [-0.25, -0.2) is 9.02 Å². The van der Waals surface area contributed by atoms with Crippen LogP contribution in [0.15, 0.2) is 65.8 Å². The van der Waals surface area contributed by atoms with E-state index >= 15 is 0 Å². The molecule has 150 valence electrons. The van der Waals surface area contributed by atoms with Gasteiger partial charge in [-0.2, -0.15) is 0 Å². The fraction of sp³-hybridized carbons (Fsp3) is 0.190. The second kappa shape index (κ2) is 9.50. The molecule has 3 rings (SSSR count). The molecule has 0 aliphatic rings. The summed E-state index contributed by atoms with van der Waals surface area (Å²) in [4.78, 5) is 12.6. The summed E-state index contributed by atoms with van der Waals surface area (Å²) in [5, 5.41) is 10.3. The van der Waals surface area contributed by atoms with Gasteiger partial charge >= 0.3 is 0 Å². The third-order valence-corrected chi connectivity index (χ3v) is 3.98. The second-order valence-electron chi connectivity index (χ2n) is 6.04. The van der Waals surface area contributed by atoms with Crippen molar-refractivity contribution in [3.63, 3.8) is 0 Å². The number of amides is 1. The maximum absolute atomic E-state index is 13.0. The third kappa shape index (κ3) is 5.19. The molecule has 29 heavy (non-hydrogen) atoms. The lowest BCUT2D eigenvalue weighted by atomic mass is 10.1.